The smallest absolute Gasteiger partial charge is 0.335 e. The molecular formula is C17H13NO2. The lowest BCUT2D eigenvalue weighted by atomic mass is 10.0. The summed E-state index contributed by atoms with van der Waals surface area (Å²) in [5.74, 6) is 0.115. The number of allylic oxidation sites excluding steroid dienone is 1. The fraction of sp³-hybridized carbons (Fsp3) is 0.0588. The van der Waals surface area contributed by atoms with Gasteiger partial charge < -0.3 is 4.74 Å². The lowest BCUT2D eigenvalue weighted by Gasteiger charge is -2.04. The van der Waals surface area contributed by atoms with E-state index in [4.69, 9.17) is 10.00 Å². The number of carbonyl (C=O) groups is 1. The first-order valence-electron chi connectivity index (χ1n) is 6.18. The maximum absolute atomic E-state index is 11.3. The molecule has 0 aliphatic heterocycles. The van der Waals surface area contributed by atoms with E-state index in [1.165, 1.54) is 6.08 Å². The Morgan fingerprint density at radius 3 is 2.10 bits per heavy atom. The largest absolute Gasteiger partial charge is 0.423 e. The third kappa shape index (κ3) is 3.33. The van der Waals surface area contributed by atoms with Gasteiger partial charge in [-0.3, -0.25) is 0 Å². The molecular weight excluding hydrogens is 250 g/mol. The van der Waals surface area contributed by atoms with Gasteiger partial charge in [-0.2, -0.15) is 5.26 Å². The molecule has 0 spiro atoms. The summed E-state index contributed by atoms with van der Waals surface area (Å²) in [4.78, 5) is 11.3. The summed E-state index contributed by atoms with van der Waals surface area (Å²) >= 11 is 0. The first-order valence-corrected chi connectivity index (χ1v) is 6.18. The van der Waals surface area contributed by atoms with E-state index in [9.17, 15) is 4.79 Å². The molecule has 0 aliphatic carbocycles. The fourth-order valence-electron chi connectivity index (χ4n) is 1.74. The van der Waals surface area contributed by atoms with Gasteiger partial charge in [-0.05, 0) is 42.3 Å². The minimum absolute atomic E-state index is 0.390. The molecule has 20 heavy (non-hydrogen) atoms. The first kappa shape index (κ1) is 13.6. The van der Waals surface area contributed by atoms with E-state index < -0.39 is 5.97 Å². The van der Waals surface area contributed by atoms with Crippen molar-refractivity contribution in [2.75, 3.05) is 0 Å². The highest BCUT2D eigenvalue weighted by molar-refractivity contribution is 5.84. The van der Waals surface area contributed by atoms with Crippen LogP contribution in [0.1, 0.15) is 12.5 Å². The molecule has 0 heterocycles. The van der Waals surface area contributed by atoms with Crippen molar-refractivity contribution in [2.45, 2.75) is 6.92 Å². The van der Waals surface area contributed by atoms with Crippen LogP contribution in [0.4, 0.5) is 0 Å². The number of nitriles is 1. The SMILES string of the molecule is C/C=C/C(=O)Oc1ccc(-c2ccc(C#N)cc2)cc1. The number of nitrogens with zero attached hydrogens (tertiary/aromatic N) is 1. The maximum atomic E-state index is 11.3. The molecule has 2 rings (SSSR count). The van der Waals surface area contributed by atoms with Crippen molar-refractivity contribution in [2.24, 2.45) is 0 Å². The van der Waals surface area contributed by atoms with Crippen LogP contribution in [0.2, 0.25) is 0 Å². The zero-order valence-electron chi connectivity index (χ0n) is 11.0. The van der Waals surface area contributed by atoms with E-state index in [2.05, 4.69) is 6.07 Å². The summed E-state index contributed by atoms with van der Waals surface area (Å²) in [7, 11) is 0. The van der Waals surface area contributed by atoms with E-state index in [1.54, 1.807) is 37.3 Å². The summed E-state index contributed by atoms with van der Waals surface area (Å²) in [5.41, 5.74) is 2.64. The van der Waals surface area contributed by atoms with E-state index >= 15 is 0 Å². The number of rotatable bonds is 3. The third-order valence-corrected chi connectivity index (χ3v) is 2.72. The van der Waals surface area contributed by atoms with Crippen LogP contribution < -0.4 is 4.74 Å². The second kappa shape index (κ2) is 6.35. The van der Waals surface area contributed by atoms with Crippen molar-refractivity contribution in [3.8, 4) is 22.9 Å². The number of esters is 1. The Bertz CT molecular complexity index is 662. The van der Waals surface area contributed by atoms with E-state index in [0.29, 0.717) is 11.3 Å². The molecule has 0 unspecified atom stereocenters. The number of benzene rings is 2. The van der Waals surface area contributed by atoms with Gasteiger partial charge in [0.05, 0.1) is 11.6 Å². The highest BCUT2D eigenvalue weighted by atomic mass is 16.5. The van der Waals surface area contributed by atoms with Crippen LogP contribution in [-0.4, -0.2) is 5.97 Å². The molecule has 0 N–H and O–H groups in total. The van der Waals surface area contributed by atoms with Crippen molar-refractivity contribution in [1.29, 1.82) is 5.26 Å². The molecule has 98 valence electrons. The molecule has 0 radical (unpaired) electrons. The number of carbonyl (C=O) groups excluding carboxylic acids is 1. The van der Waals surface area contributed by atoms with Gasteiger partial charge in [-0.25, -0.2) is 4.79 Å². The van der Waals surface area contributed by atoms with E-state index in [0.717, 1.165) is 11.1 Å². The molecule has 0 aliphatic rings. The Balaban J connectivity index is 2.15. The molecule has 3 nitrogen and oxygen atoms in total. The quantitative estimate of drug-likeness (QED) is 0.482. The van der Waals surface area contributed by atoms with Gasteiger partial charge in [0.2, 0.25) is 0 Å². The molecule has 0 atom stereocenters. The average Bonchev–Trinajstić information content (AvgIpc) is 2.48. The van der Waals surface area contributed by atoms with Crippen molar-refractivity contribution in [1.82, 2.24) is 0 Å². The van der Waals surface area contributed by atoms with Gasteiger partial charge >= 0.3 is 5.97 Å². The maximum Gasteiger partial charge on any atom is 0.335 e. The molecule has 0 saturated heterocycles. The molecule has 0 aromatic heterocycles. The summed E-state index contributed by atoms with van der Waals surface area (Å²) in [6.07, 6.45) is 3.00. The highest BCUT2D eigenvalue weighted by Crippen LogP contribution is 2.22. The highest BCUT2D eigenvalue weighted by Gasteiger charge is 2.02. The number of hydrogen-bond acceptors (Lipinski definition) is 3. The Morgan fingerprint density at radius 2 is 1.60 bits per heavy atom. The van der Waals surface area contributed by atoms with Gasteiger partial charge in [0.25, 0.3) is 0 Å². The van der Waals surface area contributed by atoms with E-state index in [1.807, 2.05) is 24.3 Å². The lowest BCUT2D eigenvalue weighted by molar-refractivity contribution is -0.129. The van der Waals surface area contributed by atoms with Gasteiger partial charge in [0, 0.05) is 6.08 Å². The Kier molecular flexibility index (Phi) is 4.31. The third-order valence-electron chi connectivity index (χ3n) is 2.72. The molecule has 0 saturated carbocycles. The Hall–Kier alpha value is -2.86. The second-order valence-corrected chi connectivity index (χ2v) is 4.13. The van der Waals surface area contributed by atoms with Crippen LogP contribution in [-0.2, 0) is 4.79 Å². The molecule has 0 bridgehead atoms. The molecule has 0 fully saturated rings. The Labute approximate surface area is 117 Å². The van der Waals surface area contributed by atoms with Gasteiger partial charge in [-0.1, -0.05) is 30.3 Å². The van der Waals surface area contributed by atoms with Crippen LogP contribution in [0, 0.1) is 11.3 Å². The van der Waals surface area contributed by atoms with Crippen LogP contribution in [0.25, 0.3) is 11.1 Å². The summed E-state index contributed by atoms with van der Waals surface area (Å²) < 4.78 is 5.11. The minimum atomic E-state index is -0.390. The normalized spacial score (nSPS) is 10.2. The first-order chi connectivity index (χ1) is 9.72. The van der Waals surface area contributed by atoms with Crippen molar-refractivity contribution < 1.29 is 9.53 Å². The topological polar surface area (TPSA) is 50.1 Å². The lowest BCUT2D eigenvalue weighted by Crippen LogP contribution is -2.03. The van der Waals surface area contributed by atoms with Crippen LogP contribution in [0.5, 0.6) is 5.75 Å². The fourth-order valence-corrected chi connectivity index (χ4v) is 1.74. The standard InChI is InChI=1S/C17H13NO2/c1-2-3-17(19)20-16-10-8-15(9-11-16)14-6-4-13(12-18)5-7-14/h2-11H,1H3/b3-2+. The van der Waals surface area contributed by atoms with Gasteiger partial charge in [-0.15, -0.1) is 0 Å². The molecule has 0 amide bonds. The Morgan fingerprint density at radius 1 is 1.05 bits per heavy atom. The van der Waals surface area contributed by atoms with Gasteiger partial charge in [0.1, 0.15) is 5.75 Å². The van der Waals surface area contributed by atoms with Crippen molar-refractivity contribution in [3.05, 3.63) is 66.2 Å². The predicted molar refractivity (Wildman–Crippen MR) is 77.0 cm³/mol. The number of hydrogen-bond donors (Lipinski definition) is 0. The molecule has 2 aromatic carbocycles. The number of ether oxygens (including phenoxy) is 1. The minimum Gasteiger partial charge on any atom is -0.423 e. The second-order valence-electron chi connectivity index (χ2n) is 4.13. The summed E-state index contributed by atoms with van der Waals surface area (Å²) in [5, 5.41) is 8.76. The molecule has 3 heteroatoms. The monoisotopic (exact) mass is 263 g/mol. The zero-order valence-corrected chi connectivity index (χ0v) is 11.0. The molecule has 2 aromatic rings. The summed E-state index contributed by atoms with van der Waals surface area (Å²) in [6.45, 7) is 1.76. The average molecular weight is 263 g/mol. The van der Waals surface area contributed by atoms with E-state index in [-0.39, 0.29) is 0 Å². The summed E-state index contributed by atoms with van der Waals surface area (Å²) in [6, 6.07) is 16.6. The van der Waals surface area contributed by atoms with Crippen molar-refractivity contribution >= 4 is 5.97 Å². The van der Waals surface area contributed by atoms with Crippen LogP contribution in [0.3, 0.4) is 0 Å². The van der Waals surface area contributed by atoms with Crippen LogP contribution in [0.15, 0.2) is 60.7 Å². The van der Waals surface area contributed by atoms with Crippen LogP contribution >= 0.6 is 0 Å². The zero-order chi connectivity index (χ0) is 14.4. The van der Waals surface area contributed by atoms with Gasteiger partial charge in [0.15, 0.2) is 0 Å². The predicted octanol–water partition coefficient (Wildman–Crippen LogP) is 3.71. The van der Waals surface area contributed by atoms with Crippen molar-refractivity contribution in [3.63, 3.8) is 0 Å².